The zero-order chi connectivity index (χ0) is 16.5. The molecule has 1 heterocycles. The van der Waals surface area contributed by atoms with Crippen LogP contribution in [-0.2, 0) is 0 Å². The van der Waals surface area contributed by atoms with Crippen molar-refractivity contribution in [2.75, 3.05) is 19.0 Å². The minimum Gasteiger partial charge on any atom is -0.436 e. The van der Waals surface area contributed by atoms with Gasteiger partial charge < -0.3 is 9.32 Å². The Balaban J connectivity index is 1.68. The van der Waals surface area contributed by atoms with Crippen molar-refractivity contribution in [2.45, 2.75) is 0 Å². The van der Waals surface area contributed by atoms with E-state index in [4.69, 9.17) is 4.42 Å². The Bertz CT molecular complexity index is 984. The van der Waals surface area contributed by atoms with Crippen molar-refractivity contribution >= 4 is 16.5 Å². The van der Waals surface area contributed by atoms with E-state index in [2.05, 4.69) is 52.3 Å². The Morgan fingerprint density at radius 2 is 1.50 bits per heavy atom. The van der Waals surface area contributed by atoms with Gasteiger partial charge in [0.15, 0.2) is 5.76 Å². The van der Waals surface area contributed by atoms with Crippen LogP contribution >= 0.6 is 0 Å². The van der Waals surface area contributed by atoms with Gasteiger partial charge in [0.1, 0.15) is 0 Å². The smallest absolute Gasteiger partial charge is 0.226 e. The summed E-state index contributed by atoms with van der Waals surface area (Å²) in [5.74, 6) is 1.43. The number of benzene rings is 3. The van der Waals surface area contributed by atoms with Crippen molar-refractivity contribution in [3.63, 3.8) is 0 Å². The molecule has 0 saturated carbocycles. The lowest BCUT2D eigenvalue weighted by Crippen LogP contribution is -2.07. The summed E-state index contributed by atoms with van der Waals surface area (Å²) >= 11 is 0. The highest BCUT2D eigenvalue weighted by Crippen LogP contribution is 2.29. The van der Waals surface area contributed by atoms with Gasteiger partial charge in [-0.25, -0.2) is 4.98 Å². The van der Waals surface area contributed by atoms with Crippen molar-refractivity contribution in [3.8, 4) is 22.8 Å². The molecular weight excluding hydrogens is 296 g/mol. The lowest BCUT2D eigenvalue weighted by molar-refractivity contribution is 0.589. The lowest BCUT2D eigenvalue weighted by Gasteiger charge is -2.11. The molecule has 0 amide bonds. The Morgan fingerprint density at radius 3 is 2.25 bits per heavy atom. The van der Waals surface area contributed by atoms with E-state index >= 15 is 0 Å². The SMILES string of the molecule is CN(C)c1ccc(-c2ncc(-c3ccc4ccccc4c3)o2)cc1. The minimum absolute atomic E-state index is 0.642. The maximum atomic E-state index is 5.98. The zero-order valence-corrected chi connectivity index (χ0v) is 13.7. The van der Waals surface area contributed by atoms with E-state index in [1.54, 1.807) is 6.20 Å². The molecule has 118 valence electrons. The first-order valence-corrected chi connectivity index (χ1v) is 7.93. The molecule has 0 atom stereocenters. The molecule has 3 nitrogen and oxygen atoms in total. The van der Waals surface area contributed by atoms with Gasteiger partial charge >= 0.3 is 0 Å². The molecule has 0 aliphatic carbocycles. The first-order valence-electron chi connectivity index (χ1n) is 7.93. The van der Waals surface area contributed by atoms with Gasteiger partial charge in [0.2, 0.25) is 5.89 Å². The number of aromatic nitrogens is 1. The minimum atomic E-state index is 0.642. The summed E-state index contributed by atoms with van der Waals surface area (Å²) in [4.78, 5) is 6.51. The molecule has 4 aromatic rings. The number of hydrogen-bond acceptors (Lipinski definition) is 3. The van der Waals surface area contributed by atoms with Crippen LogP contribution in [0, 0.1) is 0 Å². The average Bonchev–Trinajstić information content (AvgIpc) is 3.11. The number of hydrogen-bond donors (Lipinski definition) is 0. The maximum absolute atomic E-state index is 5.98. The second-order valence-corrected chi connectivity index (χ2v) is 6.03. The Morgan fingerprint density at radius 1 is 0.792 bits per heavy atom. The molecule has 1 aromatic heterocycles. The third kappa shape index (κ3) is 2.65. The summed E-state index contributed by atoms with van der Waals surface area (Å²) < 4.78 is 5.98. The predicted molar refractivity (Wildman–Crippen MR) is 99.2 cm³/mol. The van der Waals surface area contributed by atoms with Crippen molar-refractivity contribution in [1.29, 1.82) is 0 Å². The molecular formula is C21H18N2O. The first kappa shape index (κ1) is 14.5. The Labute approximate surface area is 141 Å². The highest BCUT2D eigenvalue weighted by molar-refractivity contribution is 5.86. The van der Waals surface area contributed by atoms with Crippen molar-refractivity contribution in [2.24, 2.45) is 0 Å². The molecule has 24 heavy (non-hydrogen) atoms. The van der Waals surface area contributed by atoms with Crippen LogP contribution in [-0.4, -0.2) is 19.1 Å². The van der Waals surface area contributed by atoms with E-state index in [1.165, 1.54) is 10.8 Å². The fraction of sp³-hybridized carbons (Fsp3) is 0.0952. The second kappa shape index (κ2) is 5.85. The number of fused-ring (bicyclic) bond motifs is 1. The van der Waals surface area contributed by atoms with Crippen molar-refractivity contribution in [3.05, 3.63) is 72.9 Å². The number of anilines is 1. The van der Waals surface area contributed by atoms with Crippen LogP contribution in [0.2, 0.25) is 0 Å². The number of oxazole rings is 1. The van der Waals surface area contributed by atoms with Crippen LogP contribution in [0.4, 0.5) is 5.69 Å². The highest BCUT2D eigenvalue weighted by atomic mass is 16.4. The molecule has 0 radical (unpaired) electrons. The van der Waals surface area contributed by atoms with Gasteiger partial charge in [-0.15, -0.1) is 0 Å². The molecule has 0 aliphatic rings. The van der Waals surface area contributed by atoms with Gasteiger partial charge in [0.05, 0.1) is 6.20 Å². The summed E-state index contributed by atoms with van der Waals surface area (Å²) in [6, 6.07) is 22.8. The molecule has 0 spiro atoms. The lowest BCUT2D eigenvalue weighted by atomic mass is 10.1. The maximum Gasteiger partial charge on any atom is 0.226 e. The third-order valence-electron chi connectivity index (χ3n) is 4.17. The molecule has 0 aliphatic heterocycles. The van der Waals surface area contributed by atoms with E-state index in [-0.39, 0.29) is 0 Å². The van der Waals surface area contributed by atoms with Gasteiger partial charge in [-0.1, -0.05) is 36.4 Å². The van der Waals surface area contributed by atoms with Gasteiger partial charge in [-0.3, -0.25) is 0 Å². The molecule has 0 saturated heterocycles. The number of nitrogens with zero attached hydrogens (tertiary/aromatic N) is 2. The molecule has 0 fully saturated rings. The van der Waals surface area contributed by atoms with Crippen LogP contribution < -0.4 is 4.90 Å². The molecule has 4 rings (SSSR count). The fourth-order valence-electron chi connectivity index (χ4n) is 2.79. The van der Waals surface area contributed by atoms with Gasteiger partial charge in [0, 0.05) is 30.9 Å². The standard InChI is InChI=1S/C21H18N2O/c1-23(2)19-11-9-16(10-12-19)21-22-14-20(24-21)18-8-7-15-5-3-4-6-17(15)13-18/h3-14H,1-2H3. The van der Waals surface area contributed by atoms with E-state index in [0.29, 0.717) is 5.89 Å². The van der Waals surface area contributed by atoms with Crippen LogP contribution in [0.5, 0.6) is 0 Å². The van der Waals surface area contributed by atoms with Gasteiger partial charge in [-0.2, -0.15) is 0 Å². The van der Waals surface area contributed by atoms with Crippen LogP contribution in [0.3, 0.4) is 0 Å². The molecule has 0 unspecified atom stereocenters. The van der Waals surface area contributed by atoms with E-state index in [1.807, 2.05) is 38.4 Å². The zero-order valence-electron chi connectivity index (χ0n) is 13.7. The van der Waals surface area contributed by atoms with Crippen LogP contribution in [0.1, 0.15) is 0 Å². The topological polar surface area (TPSA) is 29.3 Å². The highest BCUT2D eigenvalue weighted by Gasteiger charge is 2.09. The summed E-state index contributed by atoms with van der Waals surface area (Å²) in [6.07, 6.45) is 1.79. The molecule has 3 heteroatoms. The van der Waals surface area contributed by atoms with E-state index < -0.39 is 0 Å². The summed E-state index contributed by atoms with van der Waals surface area (Å²) in [6.45, 7) is 0. The largest absolute Gasteiger partial charge is 0.436 e. The quantitative estimate of drug-likeness (QED) is 0.518. The Hall–Kier alpha value is -3.07. The Kier molecular flexibility index (Phi) is 3.54. The predicted octanol–water partition coefficient (Wildman–Crippen LogP) is 5.23. The van der Waals surface area contributed by atoms with Crippen molar-refractivity contribution in [1.82, 2.24) is 4.98 Å². The fourth-order valence-corrected chi connectivity index (χ4v) is 2.79. The van der Waals surface area contributed by atoms with Gasteiger partial charge in [0.25, 0.3) is 0 Å². The number of rotatable bonds is 3. The third-order valence-corrected chi connectivity index (χ3v) is 4.17. The van der Waals surface area contributed by atoms with Crippen LogP contribution in [0.25, 0.3) is 33.6 Å². The molecule has 0 N–H and O–H groups in total. The summed E-state index contributed by atoms with van der Waals surface area (Å²) in [5, 5.41) is 2.42. The average molecular weight is 314 g/mol. The normalized spacial score (nSPS) is 10.9. The van der Waals surface area contributed by atoms with Gasteiger partial charge in [-0.05, 0) is 41.1 Å². The molecule has 0 bridgehead atoms. The van der Waals surface area contributed by atoms with E-state index in [0.717, 1.165) is 22.6 Å². The molecule has 3 aromatic carbocycles. The second-order valence-electron chi connectivity index (χ2n) is 6.03. The van der Waals surface area contributed by atoms with E-state index in [9.17, 15) is 0 Å². The van der Waals surface area contributed by atoms with Crippen LogP contribution in [0.15, 0.2) is 77.3 Å². The van der Waals surface area contributed by atoms with Crippen molar-refractivity contribution < 1.29 is 4.42 Å². The summed E-state index contributed by atoms with van der Waals surface area (Å²) in [5.41, 5.74) is 3.17. The summed E-state index contributed by atoms with van der Waals surface area (Å²) in [7, 11) is 4.05. The monoisotopic (exact) mass is 314 g/mol. The first-order chi connectivity index (χ1) is 11.7.